The van der Waals surface area contributed by atoms with Crippen molar-refractivity contribution in [3.8, 4) is 5.75 Å². The van der Waals surface area contributed by atoms with Gasteiger partial charge >= 0.3 is 11.7 Å². The first kappa shape index (κ1) is 11.3. The number of carboxylic acid groups (broad SMARTS) is 1. The number of hydrogen-bond acceptors (Lipinski definition) is 4. The lowest BCUT2D eigenvalue weighted by Gasteiger charge is -2.05. The number of rotatable bonds is 3. The molecule has 0 aliphatic rings. The highest BCUT2D eigenvalue weighted by atomic mass is 35.5. The summed E-state index contributed by atoms with van der Waals surface area (Å²) in [4.78, 5) is 20.6. The summed E-state index contributed by atoms with van der Waals surface area (Å²) in [5.41, 5.74) is -1.21. The van der Waals surface area contributed by atoms with Gasteiger partial charge in [-0.25, -0.2) is 4.79 Å². The van der Waals surface area contributed by atoms with Gasteiger partial charge in [-0.05, 0) is 12.1 Å². The number of aromatic carboxylic acids is 1. The molecular weight excluding hydrogens is 226 g/mol. The summed E-state index contributed by atoms with van der Waals surface area (Å²) in [6.45, 7) is 0. The minimum atomic E-state index is -1.47. The van der Waals surface area contributed by atoms with Gasteiger partial charge in [-0.3, -0.25) is 10.1 Å². The standard InChI is InChI=1S/C8H6ClNO5/c1-15-5-3-2-4(9)6(8(11)12)7(5)10(13)14/h2-3H,1H3,(H,11,12). The minimum Gasteiger partial charge on any atom is -0.490 e. The number of methoxy groups -OCH3 is 1. The van der Waals surface area contributed by atoms with Crippen LogP contribution < -0.4 is 4.74 Å². The van der Waals surface area contributed by atoms with Crippen LogP contribution in [0.25, 0.3) is 0 Å². The van der Waals surface area contributed by atoms with E-state index in [2.05, 4.69) is 4.74 Å². The molecule has 0 saturated carbocycles. The van der Waals surface area contributed by atoms with E-state index in [1.165, 1.54) is 19.2 Å². The predicted molar refractivity (Wildman–Crippen MR) is 51.6 cm³/mol. The number of nitro benzene ring substituents is 1. The minimum absolute atomic E-state index is 0.137. The molecule has 0 aromatic heterocycles. The molecule has 0 aliphatic heterocycles. The molecular formula is C8H6ClNO5. The van der Waals surface area contributed by atoms with Crippen LogP contribution in [-0.4, -0.2) is 23.1 Å². The van der Waals surface area contributed by atoms with Gasteiger partial charge in [-0.15, -0.1) is 0 Å². The van der Waals surface area contributed by atoms with E-state index in [4.69, 9.17) is 16.7 Å². The topological polar surface area (TPSA) is 89.7 Å². The molecule has 0 bridgehead atoms. The number of halogens is 1. The van der Waals surface area contributed by atoms with Gasteiger partial charge in [0.1, 0.15) is 0 Å². The second-order valence-corrected chi connectivity index (χ2v) is 2.94. The highest BCUT2D eigenvalue weighted by molar-refractivity contribution is 6.34. The lowest BCUT2D eigenvalue weighted by Crippen LogP contribution is -2.05. The molecule has 15 heavy (non-hydrogen) atoms. The Morgan fingerprint density at radius 1 is 1.60 bits per heavy atom. The molecule has 0 saturated heterocycles. The van der Waals surface area contributed by atoms with Crippen LogP contribution in [0.1, 0.15) is 10.4 Å². The van der Waals surface area contributed by atoms with E-state index in [0.717, 1.165) is 0 Å². The number of carbonyl (C=O) groups is 1. The number of benzene rings is 1. The van der Waals surface area contributed by atoms with Gasteiger partial charge in [-0.2, -0.15) is 0 Å². The largest absolute Gasteiger partial charge is 0.490 e. The number of ether oxygens (including phenoxy) is 1. The van der Waals surface area contributed by atoms with Crippen LogP contribution in [0.15, 0.2) is 12.1 Å². The fraction of sp³-hybridized carbons (Fsp3) is 0.125. The number of nitro groups is 1. The van der Waals surface area contributed by atoms with Crippen LogP contribution in [0.5, 0.6) is 5.75 Å². The SMILES string of the molecule is COc1ccc(Cl)c(C(=O)O)c1[N+](=O)[O-]. The van der Waals surface area contributed by atoms with Crippen LogP contribution in [0.2, 0.25) is 5.02 Å². The van der Waals surface area contributed by atoms with Crippen molar-refractivity contribution in [2.24, 2.45) is 0 Å². The maximum atomic E-state index is 10.8. The Morgan fingerprint density at radius 2 is 2.20 bits per heavy atom. The van der Waals surface area contributed by atoms with Gasteiger partial charge in [0.15, 0.2) is 11.3 Å². The lowest BCUT2D eigenvalue weighted by atomic mass is 10.1. The fourth-order valence-electron chi connectivity index (χ4n) is 1.10. The molecule has 1 aromatic carbocycles. The average Bonchev–Trinajstić information content (AvgIpc) is 2.16. The van der Waals surface area contributed by atoms with Crippen molar-refractivity contribution in [3.63, 3.8) is 0 Å². The molecule has 1 N–H and O–H groups in total. The van der Waals surface area contributed by atoms with E-state index in [0.29, 0.717) is 0 Å². The Kier molecular flexibility index (Phi) is 3.11. The van der Waals surface area contributed by atoms with Crippen molar-refractivity contribution in [1.82, 2.24) is 0 Å². The van der Waals surface area contributed by atoms with Crippen molar-refractivity contribution >= 4 is 23.3 Å². The molecule has 1 rings (SSSR count). The molecule has 0 spiro atoms. The van der Waals surface area contributed by atoms with Gasteiger partial charge in [0, 0.05) is 0 Å². The van der Waals surface area contributed by atoms with E-state index in [1.807, 2.05) is 0 Å². The summed E-state index contributed by atoms with van der Waals surface area (Å²) >= 11 is 5.56. The van der Waals surface area contributed by atoms with E-state index in [9.17, 15) is 14.9 Å². The van der Waals surface area contributed by atoms with Crippen LogP contribution >= 0.6 is 11.6 Å². The molecule has 0 unspecified atom stereocenters. The molecule has 0 radical (unpaired) electrons. The average molecular weight is 232 g/mol. The Labute approximate surface area is 89.2 Å². The van der Waals surface area contributed by atoms with Gasteiger partial charge < -0.3 is 9.84 Å². The summed E-state index contributed by atoms with van der Waals surface area (Å²) in [6, 6.07) is 2.48. The van der Waals surface area contributed by atoms with Crippen LogP contribution in [0, 0.1) is 10.1 Å². The van der Waals surface area contributed by atoms with E-state index < -0.39 is 22.1 Å². The zero-order valence-electron chi connectivity index (χ0n) is 7.56. The summed E-state index contributed by atoms with van der Waals surface area (Å²) in [5, 5.41) is 19.2. The zero-order chi connectivity index (χ0) is 11.6. The normalized spacial score (nSPS) is 9.73. The van der Waals surface area contributed by atoms with Gasteiger partial charge in [-0.1, -0.05) is 11.6 Å². The summed E-state index contributed by atoms with van der Waals surface area (Å²) in [5.74, 6) is -1.60. The number of nitrogens with zero attached hydrogens (tertiary/aromatic N) is 1. The lowest BCUT2D eigenvalue weighted by molar-refractivity contribution is -0.386. The van der Waals surface area contributed by atoms with Crippen molar-refractivity contribution < 1.29 is 19.6 Å². The molecule has 0 aliphatic carbocycles. The first-order chi connectivity index (χ1) is 6.99. The molecule has 80 valence electrons. The van der Waals surface area contributed by atoms with Crippen LogP contribution in [0.3, 0.4) is 0 Å². The third-order valence-corrected chi connectivity index (χ3v) is 2.02. The zero-order valence-corrected chi connectivity index (χ0v) is 8.32. The predicted octanol–water partition coefficient (Wildman–Crippen LogP) is 1.96. The molecule has 0 amide bonds. The summed E-state index contributed by atoms with van der Waals surface area (Å²) in [7, 11) is 1.21. The number of hydrogen-bond donors (Lipinski definition) is 1. The van der Waals surface area contributed by atoms with E-state index in [1.54, 1.807) is 0 Å². The molecule has 7 heteroatoms. The highest BCUT2D eigenvalue weighted by Gasteiger charge is 2.28. The molecule has 0 fully saturated rings. The number of carboxylic acids is 1. The quantitative estimate of drug-likeness (QED) is 0.634. The van der Waals surface area contributed by atoms with Crippen LogP contribution in [-0.2, 0) is 0 Å². The van der Waals surface area contributed by atoms with Crippen molar-refractivity contribution in [1.29, 1.82) is 0 Å². The first-order valence-corrected chi connectivity index (χ1v) is 4.11. The second-order valence-electron chi connectivity index (χ2n) is 2.54. The highest BCUT2D eigenvalue weighted by Crippen LogP contribution is 2.35. The molecule has 1 aromatic rings. The van der Waals surface area contributed by atoms with Crippen molar-refractivity contribution in [3.05, 3.63) is 32.8 Å². The molecule has 0 atom stereocenters. The molecule has 0 heterocycles. The van der Waals surface area contributed by atoms with Gasteiger partial charge in [0.2, 0.25) is 0 Å². The smallest absolute Gasteiger partial charge is 0.344 e. The van der Waals surface area contributed by atoms with Crippen molar-refractivity contribution in [2.75, 3.05) is 7.11 Å². The van der Waals surface area contributed by atoms with Gasteiger partial charge in [0.05, 0.1) is 17.1 Å². The Morgan fingerprint density at radius 3 is 2.60 bits per heavy atom. The third-order valence-electron chi connectivity index (χ3n) is 1.71. The van der Waals surface area contributed by atoms with Crippen molar-refractivity contribution in [2.45, 2.75) is 0 Å². The first-order valence-electron chi connectivity index (χ1n) is 3.73. The van der Waals surface area contributed by atoms with Gasteiger partial charge in [0.25, 0.3) is 0 Å². The monoisotopic (exact) mass is 231 g/mol. The Bertz CT molecular complexity index is 431. The maximum Gasteiger partial charge on any atom is 0.344 e. The van der Waals surface area contributed by atoms with Crippen LogP contribution in [0.4, 0.5) is 5.69 Å². The second kappa shape index (κ2) is 4.14. The van der Waals surface area contributed by atoms with E-state index >= 15 is 0 Å². The molecule has 6 nitrogen and oxygen atoms in total. The summed E-state index contributed by atoms with van der Waals surface area (Å²) in [6.07, 6.45) is 0. The van der Waals surface area contributed by atoms with E-state index in [-0.39, 0.29) is 10.8 Å². The maximum absolute atomic E-state index is 10.8. The Balaban J connectivity index is 3.58. The summed E-state index contributed by atoms with van der Waals surface area (Å²) < 4.78 is 4.69. The Hall–Kier alpha value is -1.82. The fourth-order valence-corrected chi connectivity index (χ4v) is 1.33. The third kappa shape index (κ3) is 1.99.